The van der Waals surface area contributed by atoms with Gasteiger partial charge >= 0.3 is 0 Å². The first-order valence-electron chi connectivity index (χ1n) is 6.83. The Morgan fingerprint density at radius 1 is 1.32 bits per heavy atom. The fourth-order valence-electron chi connectivity index (χ4n) is 3.12. The maximum absolute atomic E-state index is 12.5. The Morgan fingerprint density at radius 3 is 2.74 bits per heavy atom. The number of aromatic nitrogens is 1. The number of nitrogens with zero attached hydrogens (tertiary/aromatic N) is 2. The fraction of sp³-hybridized carbons (Fsp3) is 0.533. The van der Waals surface area contributed by atoms with E-state index < -0.39 is 0 Å². The molecule has 0 amide bonds. The lowest BCUT2D eigenvalue weighted by Crippen LogP contribution is -2.33. The molecule has 0 radical (unpaired) electrons. The van der Waals surface area contributed by atoms with Crippen molar-refractivity contribution in [3.63, 3.8) is 0 Å². The number of pyridine rings is 1. The average molecular weight is 272 g/mol. The highest BCUT2D eigenvalue weighted by atomic mass is 32.2. The first-order valence-corrected chi connectivity index (χ1v) is 7.77. The van der Waals surface area contributed by atoms with Gasteiger partial charge in [-0.25, -0.2) is 4.98 Å². The van der Waals surface area contributed by atoms with Crippen LogP contribution < -0.4 is 0 Å². The van der Waals surface area contributed by atoms with Crippen LogP contribution in [0.2, 0.25) is 0 Å². The van der Waals surface area contributed by atoms with Gasteiger partial charge in [0.05, 0.1) is 0 Å². The summed E-state index contributed by atoms with van der Waals surface area (Å²) < 4.78 is 0. The summed E-state index contributed by atoms with van der Waals surface area (Å²) in [7, 11) is 0. The van der Waals surface area contributed by atoms with Crippen molar-refractivity contribution >= 4 is 17.5 Å². The molecular weight excluding hydrogens is 256 g/mol. The van der Waals surface area contributed by atoms with Gasteiger partial charge in [-0.3, -0.25) is 4.79 Å². The Balaban J connectivity index is 1.78. The zero-order chi connectivity index (χ0) is 13.2. The smallest absolute Gasteiger partial charge is 0.184 e. The van der Waals surface area contributed by atoms with Gasteiger partial charge in [0, 0.05) is 16.4 Å². The van der Waals surface area contributed by atoms with Gasteiger partial charge in [0.15, 0.2) is 5.78 Å². The normalized spacial score (nSPS) is 29.5. The summed E-state index contributed by atoms with van der Waals surface area (Å²) in [4.78, 5) is 16.7. The van der Waals surface area contributed by atoms with E-state index in [0.29, 0.717) is 21.9 Å². The van der Waals surface area contributed by atoms with Crippen LogP contribution in [0.1, 0.15) is 48.3 Å². The third kappa shape index (κ3) is 2.66. The number of Topliss-reactive ketones (excluding diaryl/α,β-unsaturated/α-hetero) is 1. The third-order valence-corrected chi connectivity index (χ3v) is 5.64. The van der Waals surface area contributed by atoms with Crippen molar-refractivity contribution in [2.24, 2.45) is 5.92 Å². The van der Waals surface area contributed by atoms with E-state index in [-0.39, 0.29) is 11.7 Å². The lowest BCUT2D eigenvalue weighted by molar-refractivity contribution is 0.0891. The summed E-state index contributed by atoms with van der Waals surface area (Å²) in [5, 5.41) is 10.2. The summed E-state index contributed by atoms with van der Waals surface area (Å²) in [6, 6.07) is 7.12. The van der Waals surface area contributed by atoms with E-state index >= 15 is 0 Å². The molecule has 0 spiro atoms. The van der Waals surface area contributed by atoms with Gasteiger partial charge in [0.1, 0.15) is 17.5 Å². The molecule has 0 aliphatic carbocycles. The molecule has 1 aromatic heterocycles. The van der Waals surface area contributed by atoms with Crippen LogP contribution in [-0.4, -0.2) is 21.3 Å². The summed E-state index contributed by atoms with van der Waals surface area (Å²) >= 11 is 2.07. The van der Waals surface area contributed by atoms with Crippen LogP contribution in [0.15, 0.2) is 18.2 Å². The zero-order valence-electron chi connectivity index (χ0n) is 10.7. The SMILES string of the molecule is N#Cc1cccc(C(=O)C2CC3CCCC(C2)S3)n1. The molecule has 0 saturated carbocycles. The Morgan fingerprint density at radius 2 is 2.05 bits per heavy atom. The first-order chi connectivity index (χ1) is 9.26. The number of rotatable bonds is 2. The highest BCUT2D eigenvalue weighted by Gasteiger charge is 2.36. The summed E-state index contributed by atoms with van der Waals surface area (Å²) in [5.41, 5.74) is 0.797. The molecule has 3 nitrogen and oxygen atoms in total. The maximum atomic E-state index is 12.5. The molecule has 3 heterocycles. The number of carbonyl (C=O) groups excluding carboxylic acids is 1. The monoisotopic (exact) mass is 272 g/mol. The van der Waals surface area contributed by atoms with E-state index in [2.05, 4.69) is 16.7 Å². The molecular formula is C15H16N2OS. The Bertz CT molecular complexity index is 525. The lowest BCUT2D eigenvalue weighted by atomic mass is 9.85. The van der Waals surface area contributed by atoms with Crippen molar-refractivity contribution in [2.75, 3.05) is 0 Å². The molecule has 2 bridgehead atoms. The van der Waals surface area contributed by atoms with Crippen LogP contribution in [0.3, 0.4) is 0 Å². The van der Waals surface area contributed by atoms with Crippen molar-refractivity contribution in [3.8, 4) is 6.07 Å². The molecule has 3 rings (SSSR count). The Kier molecular flexibility index (Phi) is 3.56. The highest BCUT2D eigenvalue weighted by Crippen LogP contribution is 2.44. The zero-order valence-corrected chi connectivity index (χ0v) is 11.5. The number of fused-ring (bicyclic) bond motifs is 2. The third-order valence-electron chi connectivity index (χ3n) is 4.02. The summed E-state index contributed by atoms with van der Waals surface area (Å²) in [5.74, 6) is 0.243. The van der Waals surface area contributed by atoms with E-state index in [0.717, 1.165) is 12.8 Å². The minimum atomic E-state index is 0.109. The molecule has 4 heteroatoms. The second-order valence-corrected chi connectivity index (χ2v) is 6.97. The van der Waals surface area contributed by atoms with Crippen molar-refractivity contribution in [3.05, 3.63) is 29.6 Å². The van der Waals surface area contributed by atoms with E-state index in [1.165, 1.54) is 19.3 Å². The largest absolute Gasteiger partial charge is 0.292 e. The van der Waals surface area contributed by atoms with E-state index in [9.17, 15) is 4.79 Å². The van der Waals surface area contributed by atoms with Gasteiger partial charge in [-0.05, 0) is 37.8 Å². The van der Waals surface area contributed by atoms with Crippen molar-refractivity contribution < 1.29 is 4.79 Å². The molecule has 2 fully saturated rings. The number of carbonyl (C=O) groups is 1. The minimum absolute atomic E-state index is 0.109. The average Bonchev–Trinajstić information content (AvgIpc) is 2.46. The number of hydrogen-bond donors (Lipinski definition) is 0. The van der Waals surface area contributed by atoms with Gasteiger partial charge in [-0.1, -0.05) is 12.5 Å². The number of thioether (sulfide) groups is 1. The molecule has 0 N–H and O–H groups in total. The summed E-state index contributed by atoms with van der Waals surface area (Å²) in [6.45, 7) is 0. The topological polar surface area (TPSA) is 53.8 Å². The number of nitriles is 1. The lowest BCUT2D eigenvalue weighted by Gasteiger charge is -2.37. The van der Waals surface area contributed by atoms with Crippen molar-refractivity contribution in [1.29, 1.82) is 5.26 Å². The van der Waals surface area contributed by atoms with E-state index in [1.54, 1.807) is 18.2 Å². The van der Waals surface area contributed by atoms with Gasteiger partial charge < -0.3 is 0 Å². The Labute approximate surface area is 117 Å². The molecule has 2 aliphatic rings. The first kappa shape index (κ1) is 12.7. The van der Waals surface area contributed by atoms with Crippen LogP contribution in [0.25, 0.3) is 0 Å². The predicted octanol–water partition coefficient (Wildman–Crippen LogP) is 3.20. The van der Waals surface area contributed by atoms with Crippen LogP contribution in [0.5, 0.6) is 0 Å². The van der Waals surface area contributed by atoms with Gasteiger partial charge in [-0.15, -0.1) is 0 Å². The van der Waals surface area contributed by atoms with Crippen LogP contribution >= 0.6 is 11.8 Å². The quantitative estimate of drug-likeness (QED) is 0.776. The van der Waals surface area contributed by atoms with Crippen LogP contribution in [0.4, 0.5) is 0 Å². The number of hydrogen-bond acceptors (Lipinski definition) is 4. The second kappa shape index (κ2) is 5.34. The molecule has 19 heavy (non-hydrogen) atoms. The summed E-state index contributed by atoms with van der Waals surface area (Å²) in [6.07, 6.45) is 5.77. The van der Waals surface area contributed by atoms with Gasteiger partial charge in [0.25, 0.3) is 0 Å². The molecule has 1 aromatic rings. The molecule has 2 aliphatic heterocycles. The van der Waals surface area contributed by atoms with Gasteiger partial charge in [-0.2, -0.15) is 17.0 Å². The Hall–Kier alpha value is -1.34. The molecule has 2 unspecified atom stereocenters. The standard InChI is InChI=1S/C15H16N2OS/c16-9-11-3-1-6-14(17-11)15(18)10-7-12-4-2-5-13(8-10)19-12/h1,3,6,10,12-13H,2,4-5,7-8H2. The molecule has 98 valence electrons. The minimum Gasteiger partial charge on any atom is -0.292 e. The maximum Gasteiger partial charge on any atom is 0.184 e. The highest BCUT2D eigenvalue weighted by molar-refractivity contribution is 8.00. The van der Waals surface area contributed by atoms with E-state index in [4.69, 9.17) is 5.26 Å². The predicted molar refractivity (Wildman–Crippen MR) is 75.0 cm³/mol. The van der Waals surface area contributed by atoms with E-state index in [1.807, 2.05) is 6.07 Å². The van der Waals surface area contributed by atoms with Crippen LogP contribution in [0, 0.1) is 17.2 Å². The number of ketones is 1. The molecule has 0 aromatic carbocycles. The van der Waals surface area contributed by atoms with Gasteiger partial charge in [0.2, 0.25) is 0 Å². The van der Waals surface area contributed by atoms with Crippen LogP contribution in [-0.2, 0) is 0 Å². The van der Waals surface area contributed by atoms with Crippen molar-refractivity contribution in [1.82, 2.24) is 4.98 Å². The second-order valence-electron chi connectivity index (χ2n) is 5.36. The molecule has 2 saturated heterocycles. The fourth-order valence-corrected chi connectivity index (χ4v) is 4.95. The molecule has 2 atom stereocenters. The van der Waals surface area contributed by atoms with Crippen molar-refractivity contribution in [2.45, 2.75) is 42.6 Å².